The Hall–Kier alpha value is -4.08. The minimum atomic E-state index is -1.15. The fourth-order valence-electron chi connectivity index (χ4n) is 3.15. The number of nitrogens with one attached hydrogen (secondary N) is 2. The summed E-state index contributed by atoms with van der Waals surface area (Å²) in [7, 11) is 2.84. The van der Waals surface area contributed by atoms with E-state index < -0.39 is 35.7 Å². The summed E-state index contributed by atoms with van der Waals surface area (Å²) in [6, 6.07) is 10.2. The number of hydrogen-bond donors (Lipinski definition) is 3. The van der Waals surface area contributed by atoms with Gasteiger partial charge >= 0.3 is 5.97 Å². The second-order valence-electron chi connectivity index (χ2n) is 6.53. The largest absolute Gasteiger partial charge is 0.493 e. The van der Waals surface area contributed by atoms with Crippen LogP contribution >= 0.6 is 0 Å². The first-order valence-electron chi connectivity index (χ1n) is 9.15. The number of ether oxygens (including phenoxy) is 2. The molecule has 1 atom stereocenters. The van der Waals surface area contributed by atoms with E-state index in [1.807, 2.05) is 0 Å². The Morgan fingerprint density at radius 3 is 2.55 bits per heavy atom. The topological polar surface area (TPSA) is 123 Å². The van der Waals surface area contributed by atoms with E-state index in [1.165, 1.54) is 32.4 Å². The van der Waals surface area contributed by atoms with Crippen molar-refractivity contribution in [2.75, 3.05) is 14.2 Å². The number of carboxylic acids is 1. The van der Waals surface area contributed by atoms with Crippen LogP contribution in [-0.4, -0.2) is 41.0 Å². The number of aromatic nitrogens is 2. The van der Waals surface area contributed by atoms with Gasteiger partial charge in [-0.05, 0) is 24.3 Å². The minimum Gasteiger partial charge on any atom is -0.493 e. The highest BCUT2D eigenvalue weighted by molar-refractivity contribution is 5.92. The average molecular weight is 429 g/mol. The number of methoxy groups -OCH3 is 2. The Kier molecular flexibility index (Phi) is 6.39. The molecule has 162 valence electrons. The van der Waals surface area contributed by atoms with Gasteiger partial charge < -0.3 is 19.9 Å². The van der Waals surface area contributed by atoms with E-state index in [-0.39, 0.29) is 17.1 Å². The Bertz CT molecular complexity index is 1170. The first-order chi connectivity index (χ1) is 14.8. The Labute approximate surface area is 176 Å². The summed E-state index contributed by atoms with van der Waals surface area (Å²) in [5.41, 5.74) is -0.0962. The first-order valence-corrected chi connectivity index (χ1v) is 9.15. The number of halogens is 1. The number of aliphatic carboxylic acids is 1. The Balaban J connectivity index is 1.93. The van der Waals surface area contributed by atoms with Crippen LogP contribution in [0.5, 0.6) is 11.5 Å². The molecule has 0 radical (unpaired) electrons. The molecule has 0 aliphatic rings. The molecule has 10 heteroatoms. The maximum absolute atomic E-state index is 13.5. The number of para-hydroxylation sites is 1. The quantitative estimate of drug-likeness (QED) is 0.505. The van der Waals surface area contributed by atoms with Gasteiger partial charge in [0.15, 0.2) is 11.5 Å². The first kappa shape index (κ1) is 21.6. The molecule has 0 saturated heterocycles. The van der Waals surface area contributed by atoms with Gasteiger partial charge in [-0.2, -0.15) is 0 Å². The Morgan fingerprint density at radius 2 is 1.90 bits per heavy atom. The van der Waals surface area contributed by atoms with Gasteiger partial charge in [-0.1, -0.05) is 18.2 Å². The van der Waals surface area contributed by atoms with Crippen LogP contribution in [0.2, 0.25) is 0 Å². The SMILES string of the molecule is COc1cccc([C@H](CC(=O)O)NC(=O)c2cc(=O)n(-c3cccc(F)c3)[nH]2)c1OC. The summed E-state index contributed by atoms with van der Waals surface area (Å²) in [5, 5.41) is 14.5. The molecule has 3 rings (SSSR count). The summed E-state index contributed by atoms with van der Waals surface area (Å²) in [6.07, 6.45) is -0.440. The number of benzene rings is 2. The second kappa shape index (κ2) is 9.16. The van der Waals surface area contributed by atoms with Crippen LogP contribution in [0.15, 0.2) is 53.3 Å². The number of carbonyl (C=O) groups is 2. The number of hydrogen-bond acceptors (Lipinski definition) is 5. The van der Waals surface area contributed by atoms with E-state index in [4.69, 9.17) is 9.47 Å². The molecule has 0 aliphatic carbocycles. The number of carbonyl (C=O) groups excluding carboxylic acids is 1. The van der Waals surface area contributed by atoms with Crippen molar-refractivity contribution in [3.63, 3.8) is 0 Å². The maximum atomic E-state index is 13.5. The van der Waals surface area contributed by atoms with Crippen LogP contribution in [0.1, 0.15) is 28.5 Å². The lowest BCUT2D eigenvalue weighted by atomic mass is 10.0. The van der Waals surface area contributed by atoms with Gasteiger partial charge in [0.1, 0.15) is 11.5 Å². The molecule has 0 unspecified atom stereocenters. The Morgan fingerprint density at radius 1 is 1.16 bits per heavy atom. The number of amides is 1. The summed E-state index contributed by atoms with van der Waals surface area (Å²) in [6.45, 7) is 0. The highest BCUT2D eigenvalue weighted by Gasteiger charge is 2.25. The molecular formula is C21H20FN3O6. The zero-order valence-electron chi connectivity index (χ0n) is 16.7. The van der Waals surface area contributed by atoms with E-state index >= 15 is 0 Å². The smallest absolute Gasteiger partial charge is 0.305 e. The van der Waals surface area contributed by atoms with Crippen molar-refractivity contribution in [3.8, 4) is 17.2 Å². The van der Waals surface area contributed by atoms with E-state index in [1.54, 1.807) is 18.2 Å². The second-order valence-corrected chi connectivity index (χ2v) is 6.53. The highest BCUT2D eigenvalue weighted by atomic mass is 19.1. The molecule has 0 spiro atoms. The molecule has 31 heavy (non-hydrogen) atoms. The lowest BCUT2D eigenvalue weighted by molar-refractivity contribution is -0.137. The van der Waals surface area contributed by atoms with Crippen LogP contribution in [0, 0.1) is 5.82 Å². The highest BCUT2D eigenvalue weighted by Crippen LogP contribution is 2.35. The molecule has 3 N–H and O–H groups in total. The third-order valence-electron chi connectivity index (χ3n) is 4.52. The zero-order valence-corrected chi connectivity index (χ0v) is 16.7. The van der Waals surface area contributed by atoms with Crippen molar-refractivity contribution in [2.45, 2.75) is 12.5 Å². The van der Waals surface area contributed by atoms with Gasteiger partial charge in [0.25, 0.3) is 11.5 Å². The molecule has 2 aromatic carbocycles. The molecule has 1 amide bonds. The number of H-pyrrole nitrogens is 1. The van der Waals surface area contributed by atoms with Crippen LogP contribution in [0.4, 0.5) is 4.39 Å². The van der Waals surface area contributed by atoms with Crippen molar-refractivity contribution in [2.24, 2.45) is 0 Å². The number of carboxylic acid groups (broad SMARTS) is 1. The lowest BCUT2D eigenvalue weighted by Crippen LogP contribution is -2.31. The molecule has 9 nitrogen and oxygen atoms in total. The predicted molar refractivity (Wildman–Crippen MR) is 108 cm³/mol. The van der Waals surface area contributed by atoms with Crippen LogP contribution < -0.4 is 20.3 Å². The van der Waals surface area contributed by atoms with E-state index in [9.17, 15) is 23.9 Å². The summed E-state index contributed by atoms with van der Waals surface area (Å²) < 4.78 is 25.1. The van der Waals surface area contributed by atoms with Gasteiger partial charge in [-0.15, -0.1) is 0 Å². The molecule has 0 bridgehead atoms. The van der Waals surface area contributed by atoms with Crippen LogP contribution in [0.25, 0.3) is 5.69 Å². The van der Waals surface area contributed by atoms with Crippen LogP contribution in [-0.2, 0) is 4.79 Å². The monoisotopic (exact) mass is 429 g/mol. The standard InChI is InChI=1S/C21H20FN3O6/c1-30-17-8-4-7-14(20(17)31-2)15(11-19(27)28)23-21(29)16-10-18(26)25(24-16)13-6-3-5-12(22)9-13/h3-10,15,24H,11H2,1-2H3,(H,23,29)(H,27,28)/t15-/m0/s1. The molecule has 1 heterocycles. The third kappa shape index (κ3) is 4.74. The lowest BCUT2D eigenvalue weighted by Gasteiger charge is -2.21. The van der Waals surface area contributed by atoms with Crippen LogP contribution in [0.3, 0.4) is 0 Å². The molecular weight excluding hydrogens is 409 g/mol. The van der Waals surface area contributed by atoms with Gasteiger partial charge in [0.2, 0.25) is 0 Å². The summed E-state index contributed by atoms with van der Waals surface area (Å²) in [4.78, 5) is 36.5. The van der Waals surface area contributed by atoms with E-state index in [2.05, 4.69) is 10.4 Å². The third-order valence-corrected chi connectivity index (χ3v) is 4.52. The molecule has 0 aliphatic heterocycles. The van der Waals surface area contributed by atoms with Gasteiger partial charge in [-0.25, -0.2) is 9.07 Å². The summed E-state index contributed by atoms with van der Waals surface area (Å²) in [5.74, 6) is -1.77. The van der Waals surface area contributed by atoms with E-state index in [0.29, 0.717) is 11.3 Å². The fraction of sp³-hybridized carbons (Fsp3) is 0.190. The van der Waals surface area contributed by atoms with Gasteiger partial charge in [-0.3, -0.25) is 19.5 Å². The molecule has 0 saturated carbocycles. The van der Waals surface area contributed by atoms with Crippen molar-refractivity contribution < 1.29 is 28.6 Å². The van der Waals surface area contributed by atoms with Crippen molar-refractivity contribution in [3.05, 3.63) is 76.0 Å². The van der Waals surface area contributed by atoms with Gasteiger partial charge in [0.05, 0.1) is 32.4 Å². The number of aromatic amines is 1. The molecule has 3 aromatic rings. The number of rotatable bonds is 8. The maximum Gasteiger partial charge on any atom is 0.305 e. The molecule has 1 aromatic heterocycles. The summed E-state index contributed by atoms with van der Waals surface area (Å²) >= 11 is 0. The molecule has 0 fully saturated rings. The normalized spacial score (nSPS) is 11.6. The average Bonchev–Trinajstić information content (AvgIpc) is 3.14. The van der Waals surface area contributed by atoms with E-state index in [0.717, 1.165) is 16.8 Å². The fourth-order valence-corrected chi connectivity index (χ4v) is 3.15. The van der Waals surface area contributed by atoms with Gasteiger partial charge in [0, 0.05) is 11.6 Å². The minimum absolute atomic E-state index is 0.119. The number of nitrogens with zero attached hydrogens (tertiary/aromatic N) is 1. The van der Waals surface area contributed by atoms with Crippen molar-refractivity contribution in [1.82, 2.24) is 15.1 Å². The zero-order chi connectivity index (χ0) is 22.5. The predicted octanol–water partition coefficient (Wildman–Crippen LogP) is 2.27. The van der Waals surface area contributed by atoms with Crippen molar-refractivity contribution >= 4 is 11.9 Å². The van der Waals surface area contributed by atoms with Crippen molar-refractivity contribution in [1.29, 1.82) is 0 Å².